The van der Waals surface area contributed by atoms with Crippen LogP contribution in [0.2, 0.25) is 0 Å². The third-order valence-electron chi connectivity index (χ3n) is 2.28. The highest BCUT2D eigenvalue weighted by Gasteiger charge is 2.17. The molecular weight excluding hydrogens is 256 g/mol. The van der Waals surface area contributed by atoms with Crippen LogP contribution in [0.5, 0.6) is 0 Å². The fourth-order valence-electron chi connectivity index (χ4n) is 1.56. The molecule has 0 unspecified atom stereocenters. The molecule has 0 radical (unpaired) electrons. The van der Waals surface area contributed by atoms with Gasteiger partial charge in [-0.05, 0) is 30.7 Å². The van der Waals surface area contributed by atoms with Crippen LogP contribution in [0.1, 0.15) is 5.56 Å². The Morgan fingerprint density at radius 3 is 3.00 bits per heavy atom. The largest absolute Gasteiger partial charge is 0.311 e. The van der Waals surface area contributed by atoms with E-state index in [4.69, 9.17) is 0 Å². The van der Waals surface area contributed by atoms with Crippen LogP contribution in [0.15, 0.2) is 33.4 Å². The zero-order valence-corrected chi connectivity index (χ0v) is 9.78. The van der Waals surface area contributed by atoms with Gasteiger partial charge in [0, 0.05) is 10.2 Å². The van der Waals surface area contributed by atoms with Gasteiger partial charge in [0.15, 0.2) is 5.94 Å². The molecule has 0 saturated heterocycles. The molecule has 76 valence electrons. The monoisotopic (exact) mass is 264 g/mol. The van der Waals surface area contributed by atoms with Crippen LogP contribution >= 0.6 is 15.9 Å². The van der Waals surface area contributed by atoms with Crippen molar-refractivity contribution in [1.29, 1.82) is 0 Å². The summed E-state index contributed by atoms with van der Waals surface area (Å²) in [5.41, 5.74) is 2.58. The molecule has 0 atom stereocenters. The second-order valence-corrected chi connectivity index (χ2v) is 4.21. The van der Waals surface area contributed by atoms with Crippen molar-refractivity contribution >= 4 is 33.8 Å². The molecule has 0 spiro atoms. The standard InChI is InChI=1S/C11H9BrN2O/c1-8-4-9(12)2-3-11(8)14-7-13-5-10(14)6-15/h2-5H,7H2,1H3. The van der Waals surface area contributed by atoms with Crippen molar-refractivity contribution in [2.75, 3.05) is 11.6 Å². The number of hydrogen-bond donors (Lipinski definition) is 0. The molecule has 1 aliphatic rings. The van der Waals surface area contributed by atoms with Crippen molar-refractivity contribution < 1.29 is 4.79 Å². The first-order chi connectivity index (χ1) is 7.22. The average Bonchev–Trinajstić information content (AvgIpc) is 2.65. The quantitative estimate of drug-likeness (QED) is 0.730. The lowest BCUT2D eigenvalue weighted by Gasteiger charge is -2.18. The Kier molecular flexibility index (Phi) is 2.71. The van der Waals surface area contributed by atoms with E-state index in [0.717, 1.165) is 15.7 Å². The Balaban J connectivity index is 2.43. The van der Waals surface area contributed by atoms with Gasteiger partial charge in [0.25, 0.3) is 0 Å². The Morgan fingerprint density at radius 1 is 1.53 bits per heavy atom. The van der Waals surface area contributed by atoms with Gasteiger partial charge >= 0.3 is 0 Å². The highest BCUT2D eigenvalue weighted by molar-refractivity contribution is 9.10. The topological polar surface area (TPSA) is 32.7 Å². The summed E-state index contributed by atoms with van der Waals surface area (Å²) in [4.78, 5) is 16.6. The predicted molar refractivity (Wildman–Crippen MR) is 63.9 cm³/mol. The highest BCUT2D eigenvalue weighted by Crippen LogP contribution is 2.27. The molecule has 2 rings (SSSR count). The van der Waals surface area contributed by atoms with Crippen molar-refractivity contribution in [3.05, 3.63) is 33.9 Å². The highest BCUT2D eigenvalue weighted by atomic mass is 79.9. The van der Waals surface area contributed by atoms with Gasteiger partial charge in [-0.2, -0.15) is 0 Å². The molecule has 3 nitrogen and oxygen atoms in total. The van der Waals surface area contributed by atoms with Crippen LogP contribution < -0.4 is 4.90 Å². The number of benzene rings is 1. The number of rotatable bonds is 1. The first kappa shape index (κ1) is 10.1. The summed E-state index contributed by atoms with van der Waals surface area (Å²) in [6, 6.07) is 5.92. The lowest BCUT2D eigenvalue weighted by Crippen LogP contribution is -2.19. The molecule has 0 N–H and O–H groups in total. The van der Waals surface area contributed by atoms with E-state index >= 15 is 0 Å². The molecule has 0 fully saturated rings. The van der Waals surface area contributed by atoms with Gasteiger partial charge in [-0.15, -0.1) is 0 Å². The second-order valence-electron chi connectivity index (χ2n) is 3.30. The summed E-state index contributed by atoms with van der Waals surface area (Å²) in [5, 5.41) is 0. The van der Waals surface area contributed by atoms with E-state index in [9.17, 15) is 4.79 Å². The predicted octanol–water partition coefficient (Wildman–Crippen LogP) is 2.32. The van der Waals surface area contributed by atoms with Crippen LogP contribution in [0.25, 0.3) is 0 Å². The summed E-state index contributed by atoms with van der Waals surface area (Å²) in [6.45, 7) is 2.49. The molecule has 0 aliphatic carbocycles. The fraction of sp³-hybridized carbons (Fsp3) is 0.182. The minimum absolute atomic E-state index is 0.487. The van der Waals surface area contributed by atoms with E-state index < -0.39 is 0 Å². The number of allylic oxidation sites excluding steroid dienone is 1. The first-order valence-electron chi connectivity index (χ1n) is 4.51. The number of hydrogen-bond acceptors (Lipinski definition) is 3. The molecule has 0 aromatic heterocycles. The molecule has 1 aromatic carbocycles. The van der Waals surface area contributed by atoms with Gasteiger partial charge in [-0.25, -0.2) is 4.79 Å². The van der Waals surface area contributed by atoms with Crippen molar-refractivity contribution in [3.8, 4) is 0 Å². The minimum atomic E-state index is 0.487. The Hall–Kier alpha value is -1.38. The summed E-state index contributed by atoms with van der Waals surface area (Å²) in [5.74, 6) is 1.89. The number of aliphatic imine (C=N–C) groups is 1. The van der Waals surface area contributed by atoms with Crippen LogP contribution in [-0.2, 0) is 4.79 Å². The Bertz CT molecular complexity index is 475. The summed E-state index contributed by atoms with van der Waals surface area (Å²) in [6.07, 6.45) is 1.55. The zero-order chi connectivity index (χ0) is 10.8. The van der Waals surface area contributed by atoms with E-state index in [0.29, 0.717) is 12.4 Å². The number of carbonyl (C=O) groups excluding carboxylic acids is 1. The molecule has 1 aromatic rings. The van der Waals surface area contributed by atoms with Crippen LogP contribution in [0.4, 0.5) is 5.69 Å². The normalized spacial score (nSPS) is 14.5. The van der Waals surface area contributed by atoms with Crippen LogP contribution in [0.3, 0.4) is 0 Å². The number of halogens is 1. The van der Waals surface area contributed by atoms with Gasteiger partial charge in [-0.3, -0.25) is 4.99 Å². The zero-order valence-electron chi connectivity index (χ0n) is 8.20. The number of aryl methyl sites for hydroxylation is 1. The smallest absolute Gasteiger partial charge is 0.152 e. The summed E-state index contributed by atoms with van der Waals surface area (Å²) in [7, 11) is 0. The molecule has 4 heteroatoms. The molecular formula is C11H9BrN2O. The van der Waals surface area contributed by atoms with Crippen LogP contribution in [0, 0.1) is 6.92 Å². The van der Waals surface area contributed by atoms with Crippen LogP contribution in [-0.4, -0.2) is 18.8 Å². The van der Waals surface area contributed by atoms with Gasteiger partial charge in [-0.1, -0.05) is 15.9 Å². The Labute approximate surface area is 96.2 Å². The van der Waals surface area contributed by atoms with Gasteiger partial charge < -0.3 is 4.90 Å². The fourth-order valence-corrected chi connectivity index (χ4v) is 2.04. The molecule has 1 heterocycles. The van der Waals surface area contributed by atoms with Gasteiger partial charge in [0.1, 0.15) is 12.4 Å². The minimum Gasteiger partial charge on any atom is -0.311 e. The lowest BCUT2D eigenvalue weighted by atomic mass is 10.2. The van der Waals surface area contributed by atoms with E-state index in [-0.39, 0.29) is 0 Å². The van der Waals surface area contributed by atoms with Crippen molar-refractivity contribution in [1.82, 2.24) is 0 Å². The third kappa shape index (κ3) is 1.87. The SMILES string of the molecule is Cc1cc(Br)ccc1N1CN=CC1=C=O. The number of anilines is 1. The third-order valence-corrected chi connectivity index (χ3v) is 2.77. The van der Waals surface area contributed by atoms with Gasteiger partial charge in [0.2, 0.25) is 0 Å². The maximum atomic E-state index is 10.7. The maximum Gasteiger partial charge on any atom is 0.152 e. The maximum absolute atomic E-state index is 10.7. The second kappa shape index (κ2) is 4.01. The first-order valence-corrected chi connectivity index (χ1v) is 5.30. The lowest BCUT2D eigenvalue weighted by molar-refractivity contribution is 0.567. The van der Waals surface area contributed by atoms with E-state index in [2.05, 4.69) is 20.9 Å². The Morgan fingerprint density at radius 2 is 2.33 bits per heavy atom. The molecule has 1 aliphatic heterocycles. The summed E-state index contributed by atoms with van der Waals surface area (Å²) < 4.78 is 1.03. The number of nitrogens with zero attached hydrogens (tertiary/aromatic N) is 2. The molecule has 0 bridgehead atoms. The average molecular weight is 265 g/mol. The van der Waals surface area contributed by atoms with E-state index in [1.807, 2.05) is 36.0 Å². The van der Waals surface area contributed by atoms with Gasteiger partial charge in [0.05, 0.1) is 6.21 Å². The molecule has 0 saturated carbocycles. The molecule has 0 amide bonds. The van der Waals surface area contributed by atoms with Crippen molar-refractivity contribution in [2.24, 2.45) is 4.99 Å². The van der Waals surface area contributed by atoms with Crippen molar-refractivity contribution in [2.45, 2.75) is 6.92 Å². The van der Waals surface area contributed by atoms with E-state index in [1.54, 1.807) is 6.21 Å². The summed E-state index contributed by atoms with van der Waals surface area (Å²) >= 11 is 3.40. The molecule has 15 heavy (non-hydrogen) atoms. The van der Waals surface area contributed by atoms with Crippen molar-refractivity contribution in [3.63, 3.8) is 0 Å². The van der Waals surface area contributed by atoms with E-state index in [1.165, 1.54) is 0 Å².